The van der Waals surface area contributed by atoms with Gasteiger partial charge in [0.15, 0.2) is 0 Å². The number of halogens is 4. The molecule has 0 fully saturated rings. The van der Waals surface area contributed by atoms with Gasteiger partial charge in [-0.1, -0.05) is 54.6 Å². The highest BCUT2D eigenvalue weighted by molar-refractivity contribution is 5.86. The third kappa shape index (κ3) is 10.4. The van der Waals surface area contributed by atoms with Crippen molar-refractivity contribution in [2.75, 3.05) is 24.5 Å². The average Bonchev–Trinajstić information content (AvgIpc) is 3.46. The maximum Gasteiger partial charge on any atom is 0.123 e. The second-order valence-corrected chi connectivity index (χ2v) is 17.7. The number of benzene rings is 11. The van der Waals surface area contributed by atoms with Crippen molar-refractivity contribution in [1.29, 1.82) is 0 Å². The van der Waals surface area contributed by atoms with Crippen molar-refractivity contribution < 1.29 is 17.6 Å². The van der Waals surface area contributed by atoms with Gasteiger partial charge in [-0.25, -0.2) is 17.6 Å². The van der Waals surface area contributed by atoms with E-state index in [1.165, 1.54) is 48.5 Å². The van der Waals surface area contributed by atoms with Crippen LogP contribution < -0.4 is 24.5 Å². The molecular weight excluding hydrogens is 939 g/mol. The van der Waals surface area contributed by atoms with Gasteiger partial charge in [0.05, 0.1) is 0 Å². The second kappa shape index (κ2) is 21.5. The van der Waals surface area contributed by atoms with E-state index in [-0.39, 0.29) is 23.3 Å². The normalized spacial score (nSPS) is 10.9. The highest BCUT2D eigenvalue weighted by atomic mass is 19.1. The van der Waals surface area contributed by atoms with E-state index in [2.05, 4.69) is 124 Å². The van der Waals surface area contributed by atoms with Crippen LogP contribution in [-0.2, 0) is 0 Å². The fourth-order valence-electron chi connectivity index (χ4n) is 9.33. The Balaban J connectivity index is 0.913. The van der Waals surface area contributed by atoms with E-state index in [1.54, 1.807) is 48.5 Å². The summed E-state index contributed by atoms with van der Waals surface area (Å²) in [6.45, 7) is 0. The van der Waals surface area contributed by atoms with Crippen molar-refractivity contribution in [3.63, 3.8) is 0 Å². The van der Waals surface area contributed by atoms with E-state index in [9.17, 15) is 17.6 Å². The van der Waals surface area contributed by atoms with Gasteiger partial charge in [0.1, 0.15) is 23.3 Å². The smallest absolute Gasteiger partial charge is 0.123 e. The molecule has 0 unspecified atom stereocenters. The molecule has 0 radical (unpaired) electrons. The molecule has 0 aromatic heterocycles. The molecule has 0 N–H and O–H groups in total. The molecular formula is C66H47F4N5. The fraction of sp³-hybridized carbons (Fsp3) is 0. The third-order valence-corrected chi connectivity index (χ3v) is 12.8. The maximum atomic E-state index is 14.1. The van der Waals surface area contributed by atoms with Crippen molar-refractivity contribution in [2.24, 2.45) is 0 Å². The highest BCUT2D eigenvalue weighted by Crippen LogP contribution is 2.44. The second-order valence-electron chi connectivity index (χ2n) is 17.7. The van der Waals surface area contributed by atoms with Crippen LogP contribution in [0.1, 0.15) is 0 Å². The molecule has 0 aliphatic heterocycles. The van der Waals surface area contributed by atoms with Crippen molar-refractivity contribution in [1.82, 2.24) is 0 Å². The molecule has 11 aromatic rings. The van der Waals surface area contributed by atoms with E-state index in [1.807, 2.05) is 88.7 Å². The van der Waals surface area contributed by atoms with Crippen molar-refractivity contribution in [3.8, 4) is 0 Å². The van der Waals surface area contributed by atoms with Crippen LogP contribution in [0.2, 0.25) is 0 Å². The first-order chi connectivity index (χ1) is 36.8. The van der Waals surface area contributed by atoms with Gasteiger partial charge in [-0.2, -0.15) is 0 Å². The quantitative estimate of drug-likeness (QED) is 0.0949. The lowest BCUT2D eigenvalue weighted by Gasteiger charge is -2.30. The van der Waals surface area contributed by atoms with Crippen molar-refractivity contribution in [3.05, 3.63) is 308 Å². The lowest BCUT2D eigenvalue weighted by Crippen LogP contribution is -2.14. The van der Waals surface area contributed by atoms with Crippen LogP contribution >= 0.6 is 0 Å². The molecule has 0 aliphatic rings. The molecule has 0 aliphatic carbocycles. The van der Waals surface area contributed by atoms with Gasteiger partial charge in [0.25, 0.3) is 0 Å². The lowest BCUT2D eigenvalue weighted by atomic mass is 10.1. The Kier molecular flexibility index (Phi) is 13.6. The molecule has 0 saturated heterocycles. The van der Waals surface area contributed by atoms with Gasteiger partial charge in [0.2, 0.25) is 0 Å². The summed E-state index contributed by atoms with van der Waals surface area (Å²) < 4.78 is 56.3. The molecule has 0 bridgehead atoms. The first-order valence-electron chi connectivity index (χ1n) is 24.4. The summed E-state index contributed by atoms with van der Waals surface area (Å²) in [7, 11) is 0. The number of nitrogens with zero attached hydrogens (tertiary/aromatic N) is 5. The standard InChI is InChI=1S/C66H47F4N5/c67-48-16-24-55(25-17-48)74(56-26-18-49(68)19-27-56)65-44-40-63(41-45-65)72(53-12-6-2-7-13-53)61-36-32-59(33-37-61)71(52-10-4-1-5-11-52)60-34-38-62(39-35-60)73(54-14-8-3-9-15-54)64-42-46-66(47-43-64)75(57-28-20-50(69)21-29-57)58-30-22-51(70)23-31-58/h1-47H. The number of anilines is 15. The Bertz CT molecular complexity index is 3270. The molecule has 9 heteroatoms. The molecule has 0 amide bonds. The van der Waals surface area contributed by atoms with E-state index in [0.29, 0.717) is 0 Å². The minimum atomic E-state index is -0.340. The van der Waals surface area contributed by atoms with Crippen LogP contribution in [-0.4, -0.2) is 0 Å². The molecule has 11 aromatic carbocycles. The molecule has 0 heterocycles. The average molecular weight is 986 g/mol. The molecule has 5 nitrogen and oxygen atoms in total. The highest BCUT2D eigenvalue weighted by Gasteiger charge is 2.21. The van der Waals surface area contributed by atoms with E-state index in [4.69, 9.17) is 0 Å². The molecule has 11 rings (SSSR count). The van der Waals surface area contributed by atoms with Crippen LogP contribution in [0.3, 0.4) is 0 Å². The molecule has 0 spiro atoms. The Hall–Kier alpha value is -9.86. The van der Waals surface area contributed by atoms with Crippen LogP contribution in [0, 0.1) is 23.3 Å². The topological polar surface area (TPSA) is 16.2 Å². The molecule has 75 heavy (non-hydrogen) atoms. The summed E-state index contributed by atoms with van der Waals surface area (Å²) in [5.41, 5.74) is 13.2. The molecule has 364 valence electrons. The van der Waals surface area contributed by atoms with E-state index in [0.717, 1.165) is 85.3 Å². The largest absolute Gasteiger partial charge is 0.311 e. The first-order valence-corrected chi connectivity index (χ1v) is 24.4. The fourth-order valence-corrected chi connectivity index (χ4v) is 9.33. The summed E-state index contributed by atoms with van der Waals surface area (Å²) in [5.74, 6) is -1.36. The molecule has 0 atom stereocenters. The van der Waals surface area contributed by atoms with Gasteiger partial charge in [-0.3, -0.25) is 0 Å². The molecule has 0 saturated carbocycles. The SMILES string of the molecule is Fc1ccc(N(c2ccc(F)cc2)c2ccc(N(c3ccccc3)c3ccc(N(c4ccccc4)c4ccc(N(c5ccccc5)c5ccc(N(c6ccc(F)cc6)c6ccc(F)cc6)cc5)cc4)cc3)cc2)cc1. The number of para-hydroxylation sites is 3. The predicted octanol–water partition coefficient (Wildman–Crippen LogP) is 19.6. The van der Waals surface area contributed by atoms with Crippen molar-refractivity contribution in [2.45, 2.75) is 0 Å². The van der Waals surface area contributed by atoms with Crippen LogP contribution in [0.25, 0.3) is 0 Å². The van der Waals surface area contributed by atoms with Crippen LogP contribution in [0.15, 0.2) is 285 Å². The predicted molar refractivity (Wildman–Crippen MR) is 300 cm³/mol. The Morgan fingerprint density at radius 1 is 0.133 bits per heavy atom. The summed E-state index contributed by atoms with van der Waals surface area (Å²) in [4.78, 5) is 10.6. The Labute approximate surface area is 433 Å². The summed E-state index contributed by atoms with van der Waals surface area (Å²) in [6, 6.07) is 89.0. The minimum absolute atomic E-state index is 0.340. The van der Waals surface area contributed by atoms with Gasteiger partial charge in [-0.15, -0.1) is 0 Å². The third-order valence-electron chi connectivity index (χ3n) is 12.8. The minimum Gasteiger partial charge on any atom is -0.311 e. The number of hydrogen-bond donors (Lipinski definition) is 0. The summed E-state index contributed by atoms with van der Waals surface area (Å²) in [6.07, 6.45) is 0. The Morgan fingerprint density at radius 3 is 0.373 bits per heavy atom. The summed E-state index contributed by atoms with van der Waals surface area (Å²) in [5, 5.41) is 0. The zero-order chi connectivity index (χ0) is 51.1. The lowest BCUT2D eigenvalue weighted by molar-refractivity contribution is 0.627. The van der Waals surface area contributed by atoms with Crippen LogP contribution in [0.4, 0.5) is 103 Å². The number of hydrogen-bond acceptors (Lipinski definition) is 5. The van der Waals surface area contributed by atoms with E-state index >= 15 is 0 Å². The van der Waals surface area contributed by atoms with Gasteiger partial charge < -0.3 is 24.5 Å². The Morgan fingerprint density at radius 2 is 0.240 bits per heavy atom. The first kappa shape index (κ1) is 47.5. The van der Waals surface area contributed by atoms with Gasteiger partial charge >= 0.3 is 0 Å². The zero-order valence-corrected chi connectivity index (χ0v) is 40.4. The number of rotatable bonds is 15. The van der Waals surface area contributed by atoms with E-state index < -0.39 is 0 Å². The summed E-state index contributed by atoms with van der Waals surface area (Å²) >= 11 is 0. The zero-order valence-electron chi connectivity index (χ0n) is 40.4. The van der Waals surface area contributed by atoms with Crippen molar-refractivity contribution >= 4 is 85.3 Å². The van der Waals surface area contributed by atoms with Gasteiger partial charge in [0, 0.05) is 85.3 Å². The van der Waals surface area contributed by atoms with Gasteiger partial charge in [-0.05, 0) is 231 Å². The van der Waals surface area contributed by atoms with Crippen LogP contribution in [0.5, 0.6) is 0 Å². The maximum absolute atomic E-state index is 14.1. The monoisotopic (exact) mass is 985 g/mol.